The molecule has 0 saturated carbocycles. The van der Waals surface area contributed by atoms with E-state index in [1.165, 1.54) is 4.90 Å². The summed E-state index contributed by atoms with van der Waals surface area (Å²) < 4.78 is 12.8. The number of rotatable bonds is 17. The predicted octanol–water partition coefficient (Wildman–Crippen LogP) is 5.14. The van der Waals surface area contributed by atoms with E-state index in [1.807, 2.05) is 30.3 Å². The Morgan fingerprint density at radius 2 is 1.86 bits per heavy atom. The molecule has 1 spiro atoms. The topological polar surface area (TPSA) is 125 Å². The van der Waals surface area contributed by atoms with Crippen LogP contribution in [0.2, 0.25) is 5.02 Å². The number of likely N-dealkylation sites (tertiary alicyclic amines) is 1. The standard InChI is InChI=1S/C37H43BrClN3O7/c1-3-5-18-29(44)40-23-28(24-14-8-6-9-15-24)48-36(47)30-31-34(45)42(20-12-7-13-21-43)33(37(31)22-25(38)32(30)49-37)35(46)41(19-4-2)27-17-11-10-16-26(27)39/h3-4,6,8-11,14-17,25,28,30-33,43H,1-2,5,7,12-13,18-23H2,(H,40,44)/t25?,28-,30+,31-,32+,33+,37-/m1/s1. The molecule has 3 aliphatic rings. The summed E-state index contributed by atoms with van der Waals surface area (Å²) in [6, 6.07) is 15.0. The highest BCUT2D eigenvalue weighted by Crippen LogP contribution is 2.60. The Balaban J connectivity index is 1.48. The van der Waals surface area contributed by atoms with Crippen LogP contribution in [0.5, 0.6) is 0 Å². The number of carbonyl (C=O) groups excluding carboxylic acids is 4. The van der Waals surface area contributed by atoms with E-state index in [4.69, 9.17) is 21.1 Å². The van der Waals surface area contributed by atoms with E-state index >= 15 is 0 Å². The van der Waals surface area contributed by atoms with Crippen molar-refractivity contribution in [1.82, 2.24) is 10.2 Å². The van der Waals surface area contributed by atoms with E-state index in [1.54, 1.807) is 41.3 Å². The fraction of sp³-hybridized carbons (Fsp3) is 0.459. The molecule has 2 bridgehead atoms. The molecule has 5 rings (SSSR count). The lowest BCUT2D eigenvalue weighted by molar-refractivity contribution is -0.160. The smallest absolute Gasteiger partial charge is 0.313 e. The van der Waals surface area contributed by atoms with Crippen LogP contribution in [0.4, 0.5) is 5.69 Å². The number of hydrogen-bond acceptors (Lipinski definition) is 7. The lowest BCUT2D eigenvalue weighted by Crippen LogP contribution is -2.57. The molecule has 2 aromatic rings. The number of ether oxygens (including phenoxy) is 2. The molecule has 0 aliphatic carbocycles. The van der Waals surface area contributed by atoms with Crippen molar-refractivity contribution in [2.24, 2.45) is 11.8 Å². The Labute approximate surface area is 300 Å². The minimum Gasteiger partial charge on any atom is -0.455 e. The number of esters is 1. The molecule has 1 unspecified atom stereocenters. The average Bonchev–Trinajstić information content (AvgIpc) is 3.70. The average molecular weight is 757 g/mol. The highest BCUT2D eigenvalue weighted by molar-refractivity contribution is 9.09. The third-order valence-corrected chi connectivity index (χ3v) is 10.7. The fourth-order valence-corrected chi connectivity index (χ4v) is 8.57. The fourth-order valence-electron chi connectivity index (χ4n) is 7.39. The highest BCUT2D eigenvalue weighted by atomic mass is 79.9. The first-order valence-electron chi connectivity index (χ1n) is 16.7. The van der Waals surface area contributed by atoms with Crippen LogP contribution in [0, 0.1) is 11.8 Å². The van der Waals surface area contributed by atoms with Gasteiger partial charge in [0.05, 0.1) is 35.2 Å². The molecule has 3 heterocycles. The summed E-state index contributed by atoms with van der Waals surface area (Å²) in [5.41, 5.74) is -0.151. The third-order valence-electron chi connectivity index (χ3n) is 9.56. The van der Waals surface area contributed by atoms with Crippen molar-refractivity contribution in [3.63, 3.8) is 0 Å². The van der Waals surface area contributed by atoms with E-state index in [2.05, 4.69) is 34.4 Å². The number of alkyl halides is 1. The summed E-state index contributed by atoms with van der Waals surface area (Å²) in [7, 11) is 0. The van der Waals surface area contributed by atoms with Gasteiger partial charge < -0.3 is 29.7 Å². The third kappa shape index (κ3) is 7.50. The van der Waals surface area contributed by atoms with E-state index in [-0.39, 0.29) is 55.2 Å². The van der Waals surface area contributed by atoms with E-state index in [0.29, 0.717) is 48.4 Å². The van der Waals surface area contributed by atoms with Crippen LogP contribution in [0.1, 0.15) is 50.2 Å². The number of halogens is 2. The zero-order chi connectivity index (χ0) is 35.1. The molecule has 12 heteroatoms. The Bertz CT molecular complexity index is 1540. The number of fused-ring (bicyclic) bond motifs is 1. The molecule has 10 nitrogen and oxygen atoms in total. The summed E-state index contributed by atoms with van der Waals surface area (Å²) in [4.78, 5) is 58.7. The van der Waals surface area contributed by atoms with Gasteiger partial charge in [0.25, 0.3) is 5.91 Å². The Morgan fingerprint density at radius 3 is 2.55 bits per heavy atom. The normalized spacial score (nSPS) is 25.8. The Morgan fingerprint density at radius 1 is 1.12 bits per heavy atom. The number of nitrogens with one attached hydrogen (secondary N) is 1. The molecular weight excluding hydrogens is 714 g/mol. The highest BCUT2D eigenvalue weighted by Gasteiger charge is 2.77. The van der Waals surface area contributed by atoms with Gasteiger partial charge in [0, 0.05) is 30.9 Å². The number of nitrogens with zero attached hydrogens (tertiary/aromatic N) is 2. The van der Waals surface area contributed by atoms with Gasteiger partial charge >= 0.3 is 5.97 Å². The Kier molecular flexibility index (Phi) is 12.4. The SMILES string of the molecule is C=CCCC(=O)NC[C@@H](OC(=O)[C@@H]1[C@H]2O[C@@]3(CC2Br)[C@H](C(=O)N(CC=C)c2ccccc2Cl)N(CCCCCO)C(=O)[C@@H]13)c1ccccc1. The van der Waals surface area contributed by atoms with Gasteiger partial charge in [-0.25, -0.2) is 0 Å². The molecule has 2 N–H and O–H groups in total. The first-order chi connectivity index (χ1) is 23.7. The summed E-state index contributed by atoms with van der Waals surface area (Å²) in [5.74, 6) is -3.54. The number of allylic oxidation sites excluding steroid dienone is 1. The number of aliphatic hydroxyl groups is 1. The number of unbranched alkanes of at least 4 members (excludes halogenated alkanes) is 2. The van der Waals surface area contributed by atoms with Crippen molar-refractivity contribution in [2.75, 3.05) is 31.1 Å². The second-order valence-electron chi connectivity index (χ2n) is 12.6. The van der Waals surface area contributed by atoms with Gasteiger partial charge in [-0.1, -0.05) is 82.1 Å². The number of carbonyl (C=O) groups is 4. The van der Waals surface area contributed by atoms with E-state index < -0.39 is 41.7 Å². The summed E-state index contributed by atoms with van der Waals surface area (Å²) in [6.45, 7) is 7.94. The number of para-hydroxylation sites is 1. The monoisotopic (exact) mass is 755 g/mol. The lowest BCUT2D eigenvalue weighted by Gasteiger charge is -2.37. The molecule has 2 aromatic carbocycles. The molecular formula is C37H43BrClN3O7. The van der Waals surface area contributed by atoms with Gasteiger partial charge in [0.1, 0.15) is 17.7 Å². The molecule has 262 valence electrons. The zero-order valence-corrected chi connectivity index (χ0v) is 29.7. The second-order valence-corrected chi connectivity index (χ2v) is 14.2. The molecule has 3 saturated heterocycles. The largest absolute Gasteiger partial charge is 0.455 e. The van der Waals surface area contributed by atoms with E-state index in [9.17, 15) is 24.3 Å². The molecule has 49 heavy (non-hydrogen) atoms. The molecule has 3 amide bonds. The van der Waals surface area contributed by atoms with Crippen molar-refractivity contribution in [1.29, 1.82) is 0 Å². The first kappa shape index (κ1) is 36.8. The quantitative estimate of drug-likeness (QED) is 0.0993. The number of hydrogen-bond donors (Lipinski definition) is 2. The number of benzene rings is 2. The van der Waals surface area contributed by atoms with Crippen molar-refractivity contribution in [3.05, 3.63) is 90.5 Å². The lowest BCUT2D eigenvalue weighted by atomic mass is 9.70. The van der Waals surface area contributed by atoms with Crippen LogP contribution >= 0.6 is 27.5 Å². The zero-order valence-electron chi connectivity index (χ0n) is 27.3. The van der Waals surface area contributed by atoms with Crippen molar-refractivity contribution in [2.45, 2.75) is 67.2 Å². The van der Waals surface area contributed by atoms with Gasteiger partial charge in [-0.2, -0.15) is 0 Å². The van der Waals surface area contributed by atoms with Crippen LogP contribution in [0.25, 0.3) is 0 Å². The molecule has 0 aromatic heterocycles. The predicted molar refractivity (Wildman–Crippen MR) is 190 cm³/mol. The summed E-state index contributed by atoms with van der Waals surface area (Å²) in [6.07, 6.45) is 4.55. The number of amides is 3. The number of aliphatic hydroxyl groups excluding tert-OH is 1. The van der Waals surface area contributed by atoms with Gasteiger partial charge in [0.15, 0.2) is 0 Å². The van der Waals surface area contributed by atoms with Crippen LogP contribution in [-0.2, 0) is 28.7 Å². The molecule has 3 fully saturated rings. The van der Waals surface area contributed by atoms with Crippen molar-refractivity contribution >= 4 is 56.9 Å². The first-order valence-corrected chi connectivity index (χ1v) is 18.0. The van der Waals surface area contributed by atoms with Gasteiger partial charge in [-0.3, -0.25) is 19.2 Å². The summed E-state index contributed by atoms with van der Waals surface area (Å²) in [5, 5.41) is 12.6. The van der Waals surface area contributed by atoms with Gasteiger partial charge in [-0.05, 0) is 49.8 Å². The van der Waals surface area contributed by atoms with Crippen LogP contribution in [0.3, 0.4) is 0 Å². The number of anilines is 1. The van der Waals surface area contributed by atoms with Crippen LogP contribution < -0.4 is 10.2 Å². The maximum Gasteiger partial charge on any atom is 0.313 e. The summed E-state index contributed by atoms with van der Waals surface area (Å²) >= 11 is 10.3. The molecule has 0 radical (unpaired) electrons. The van der Waals surface area contributed by atoms with Crippen molar-refractivity contribution < 1.29 is 33.8 Å². The van der Waals surface area contributed by atoms with E-state index in [0.717, 1.165) is 0 Å². The van der Waals surface area contributed by atoms with Crippen molar-refractivity contribution in [3.8, 4) is 0 Å². The van der Waals surface area contributed by atoms with Crippen LogP contribution in [-0.4, -0.2) is 82.5 Å². The van der Waals surface area contributed by atoms with Crippen LogP contribution in [0.15, 0.2) is 79.9 Å². The second kappa shape index (κ2) is 16.5. The minimum atomic E-state index is -1.31. The molecule has 3 aliphatic heterocycles. The van der Waals surface area contributed by atoms with Gasteiger partial charge in [-0.15, -0.1) is 13.2 Å². The molecule has 7 atom stereocenters. The maximum absolute atomic E-state index is 14.8. The Hall–Kier alpha value is -3.51. The minimum absolute atomic E-state index is 0.0176. The van der Waals surface area contributed by atoms with Gasteiger partial charge in [0.2, 0.25) is 11.8 Å². The maximum atomic E-state index is 14.8.